The summed E-state index contributed by atoms with van der Waals surface area (Å²) in [6, 6.07) is 16.9. The molecule has 1 aliphatic rings. The molecule has 4 aromatic rings. The average molecular weight is 523 g/mol. The number of phenols is 1. The first-order valence-corrected chi connectivity index (χ1v) is 13.1. The Kier molecular flexibility index (Phi) is 7.22. The number of benzene rings is 2. The molecule has 1 aliphatic heterocycles. The second-order valence-electron chi connectivity index (χ2n) is 8.58. The van der Waals surface area contributed by atoms with Gasteiger partial charge in [-0.3, -0.25) is 4.79 Å². The number of piperazine rings is 1. The number of para-hydroxylation sites is 1. The first-order valence-electron chi connectivity index (χ1n) is 11.9. The standard InChI is InChI=1S/C26H27ClN6O2S/c1-2-31-11-13-32(14-12-31)22-15-18(20-5-3-4-6-23(20)34)7-8-21(22)33-17-19(29-30-33)16-28-26(35)24-9-10-25(27)36-24/h3-10,15,17,34H,2,11-14,16H2,1H3,(H,28,35). The lowest BCUT2D eigenvalue weighted by atomic mass is 10.0. The fourth-order valence-corrected chi connectivity index (χ4v) is 5.31. The van der Waals surface area contributed by atoms with E-state index >= 15 is 0 Å². The predicted molar refractivity (Wildman–Crippen MR) is 143 cm³/mol. The molecule has 10 heteroatoms. The van der Waals surface area contributed by atoms with E-state index in [-0.39, 0.29) is 18.2 Å². The highest BCUT2D eigenvalue weighted by Crippen LogP contribution is 2.35. The third-order valence-electron chi connectivity index (χ3n) is 6.37. The van der Waals surface area contributed by atoms with Crippen LogP contribution in [0.25, 0.3) is 16.8 Å². The minimum Gasteiger partial charge on any atom is -0.507 e. The molecule has 3 heterocycles. The van der Waals surface area contributed by atoms with Crippen LogP contribution in [-0.2, 0) is 6.54 Å². The van der Waals surface area contributed by atoms with Gasteiger partial charge in [0.1, 0.15) is 11.4 Å². The van der Waals surface area contributed by atoms with E-state index in [4.69, 9.17) is 11.6 Å². The topological polar surface area (TPSA) is 86.5 Å². The summed E-state index contributed by atoms with van der Waals surface area (Å²) in [6.07, 6.45) is 1.84. The highest BCUT2D eigenvalue weighted by atomic mass is 35.5. The van der Waals surface area contributed by atoms with Crippen LogP contribution >= 0.6 is 22.9 Å². The van der Waals surface area contributed by atoms with Gasteiger partial charge < -0.3 is 20.2 Å². The van der Waals surface area contributed by atoms with E-state index in [1.54, 1.807) is 22.9 Å². The maximum absolute atomic E-state index is 12.4. The number of nitrogens with zero attached hydrogens (tertiary/aromatic N) is 5. The summed E-state index contributed by atoms with van der Waals surface area (Å²) in [4.78, 5) is 17.7. The number of aromatic nitrogens is 3. The van der Waals surface area contributed by atoms with Crippen molar-refractivity contribution in [3.63, 3.8) is 0 Å². The van der Waals surface area contributed by atoms with Crippen LogP contribution < -0.4 is 10.2 Å². The van der Waals surface area contributed by atoms with Crippen LogP contribution in [0.15, 0.2) is 60.8 Å². The van der Waals surface area contributed by atoms with Crippen LogP contribution in [0, 0.1) is 0 Å². The molecule has 0 bridgehead atoms. The van der Waals surface area contributed by atoms with Crippen LogP contribution in [0.1, 0.15) is 22.3 Å². The number of halogens is 1. The molecule has 186 valence electrons. The summed E-state index contributed by atoms with van der Waals surface area (Å²) in [7, 11) is 0. The number of carbonyl (C=O) groups excluding carboxylic acids is 1. The molecule has 2 aromatic heterocycles. The Hall–Kier alpha value is -3.40. The van der Waals surface area contributed by atoms with Crippen molar-refractivity contribution in [2.75, 3.05) is 37.6 Å². The lowest BCUT2D eigenvalue weighted by molar-refractivity contribution is 0.0954. The molecule has 2 N–H and O–H groups in total. The zero-order chi connectivity index (χ0) is 25.1. The smallest absolute Gasteiger partial charge is 0.261 e. The fraction of sp³-hybridized carbons (Fsp3) is 0.269. The van der Waals surface area contributed by atoms with Gasteiger partial charge >= 0.3 is 0 Å². The van der Waals surface area contributed by atoms with Crippen molar-refractivity contribution < 1.29 is 9.90 Å². The zero-order valence-electron chi connectivity index (χ0n) is 19.9. The number of hydrogen-bond acceptors (Lipinski definition) is 7. The number of likely N-dealkylation sites (N-methyl/N-ethyl adjacent to an activating group) is 1. The van der Waals surface area contributed by atoms with Gasteiger partial charge in [-0.1, -0.05) is 48.0 Å². The summed E-state index contributed by atoms with van der Waals surface area (Å²) in [5, 5.41) is 21.9. The normalized spacial score (nSPS) is 14.2. The largest absolute Gasteiger partial charge is 0.507 e. The van der Waals surface area contributed by atoms with Gasteiger partial charge in [-0.2, -0.15) is 0 Å². The van der Waals surface area contributed by atoms with Crippen LogP contribution in [0.2, 0.25) is 4.34 Å². The lowest BCUT2D eigenvalue weighted by Gasteiger charge is -2.36. The number of rotatable bonds is 7. The van der Waals surface area contributed by atoms with Gasteiger partial charge in [0.05, 0.1) is 33.3 Å². The Bertz CT molecular complexity index is 1360. The Labute approximate surface area is 218 Å². The zero-order valence-corrected chi connectivity index (χ0v) is 21.5. The molecule has 0 saturated carbocycles. The second kappa shape index (κ2) is 10.7. The van der Waals surface area contributed by atoms with E-state index in [0.717, 1.165) is 55.2 Å². The van der Waals surface area contributed by atoms with Crippen molar-refractivity contribution >= 4 is 34.5 Å². The van der Waals surface area contributed by atoms with Crippen molar-refractivity contribution in [1.29, 1.82) is 0 Å². The van der Waals surface area contributed by atoms with Crippen molar-refractivity contribution in [2.24, 2.45) is 0 Å². The number of nitrogens with one attached hydrogen (secondary N) is 1. The van der Waals surface area contributed by atoms with Gasteiger partial charge in [0, 0.05) is 31.7 Å². The van der Waals surface area contributed by atoms with Crippen LogP contribution in [0.3, 0.4) is 0 Å². The van der Waals surface area contributed by atoms with Crippen LogP contribution in [0.4, 0.5) is 5.69 Å². The minimum atomic E-state index is -0.192. The summed E-state index contributed by atoms with van der Waals surface area (Å²) in [5.41, 5.74) is 4.30. The number of aromatic hydroxyl groups is 1. The van der Waals surface area contributed by atoms with Crippen molar-refractivity contribution in [3.8, 4) is 22.6 Å². The lowest BCUT2D eigenvalue weighted by Crippen LogP contribution is -2.46. The maximum Gasteiger partial charge on any atom is 0.261 e. The predicted octanol–water partition coefficient (Wildman–Crippen LogP) is 4.43. The molecule has 1 amide bonds. The maximum atomic E-state index is 12.4. The van der Waals surface area contributed by atoms with Gasteiger partial charge in [0.25, 0.3) is 5.91 Å². The second-order valence-corrected chi connectivity index (χ2v) is 10.3. The molecular weight excluding hydrogens is 496 g/mol. The van der Waals surface area contributed by atoms with Crippen LogP contribution in [-0.4, -0.2) is 63.6 Å². The van der Waals surface area contributed by atoms with Gasteiger partial charge in [0.2, 0.25) is 0 Å². The third-order valence-corrected chi connectivity index (χ3v) is 7.60. The molecule has 0 radical (unpaired) electrons. The minimum absolute atomic E-state index is 0.192. The molecule has 8 nitrogen and oxygen atoms in total. The fourth-order valence-electron chi connectivity index (χ4n) is 4.35. The van der Waals surface area contributed by atoms with Crippen LogP contribution in [0.5, 0.6) is 5.75 Å². The van der Waals surface area contributed by atoms with Crippen molar-refractivity contribution in [1.82, 2.24) is 25.2 Å². The van der Waals surface area contributed by atoms with Gasteiger partial charge in [-0.25, -0.2) is 4.68 Å². The first-order chi connectivity index (χ1) is 17.5. The summed E-state index contributed by atoms with van der Waals surface area (Å²) < 4.78 is 2.32. The Balaban J connectivity index is 1.41. The Morgan fingerprint density at radius 1 is 1.08 bits per heavy atom. The molecule has 1 saturated heterocycles. The quantitative estimate of drug-likeness (QED) is 0.373. The number of phenolic OH excluding ortho intramolecular Hbond substituents is 1. The Morgan fingerprint density at radius 2 is 1.89 bits per heavy atom. The monoisotopic (exact) mass is 522 g/mol. The van der Waals surface area contributed by atoms with E-state index in [1.165, 1.54) is 11.3 Å². The van der Waals surface area contributed by atoms with Gasteiger partial charge in [-0.05, 0) is 42.4 Å². The summed E-state index contributed by atoms with van der Waals surface area (Å²) in [5.74, 6) is 0.0563. The van der Waals surface area contributed by atoms with Crippen molar-refractivity contribution in [2.45, 2.75) is 13.5 Å². The molecule has 0 aliphatic carbocycles. The number of anilines is 1. The summed E-state index contributed by atoms with van der Waals surface area (Å²) in [6.45, 7) is 7.24. The van der Waals surface area contributed by atoms with E-state index in [2.05, 4.69) is 38.4 Å². The molecule has 5 rings (SSSR count). The number of carbonyl (C=O) groups is 1. The third kappa shape index (κ3) is 5.23. The summed E-state index contributed by atoms with van der Waals surface area (Å²) >= 11 is 7.18. The molecule has 0 spiro atoms. The van der Waals surface area contributed by atoms with E-state index in [0.29, 0.717) is 14.9 Å². The number of amides is 1. The highest BCUT2D eigenvalue weighted by molar-refractivity contribution is 7.18. The first kappa shape index (κ1) is 24.3. The molecule has 0 unspecified atom stereocenters. The number of thiophene rings is 1. The molecule has 1 fully saturated rings. The van der Waals surface area contributed by atoms with Gasteiger partial charge in [-0.15, -0.1) is 16.4 Å². The number of hydrogen-bond donors (Lipinski definition) is 2. The Morgan fingerprint density at radius 3 is 2.61 bits per heavy atom. The van der Waals surface area contributed by atoms with E-state index in [9.17, 15) is 9.90 Å². The average Bonchev–Trinajstić information content (AvgIpc) is 3.56. The van der Waals surface area contributed by atoms with E-state index in [1.807, 2.05) is 36.5 Å². The van der Waals surface area contributed by atoms with E-state index < -0.39 is 0 Å². The molecule has 2 aromatic carbocycles. The molecule has 0 atom stereocenters. The van der Waals surface area contributed by atoms with Gasteiger partial charge in [0.15, 0.2) is 0 Å². The SMILES string of the molecule is CCN1CCN(c2cc(-c3ccccc3O)ccc2-n2cc(CNC(=O)c3ccc(Cl)s3)nn2)CC1. The molecule has 36 heavy (non-hydrogen) atoms. The van der Waals surface area contributed by atoms with Crippen molar-refractivity contribution in [3.05, 3.63) is 75.7 Å². The molecular formula is C26H27ClN6O2S. The highest BCUT2D eigenvalue weighted by Gasteiger charge is 2.21.